The molecule has 2 nitrogen and oxygen atoms in total. The van der Waals surface area contributed by atoms with Gasteiger partial charge in [0.05, 0.1) is 4.51 Å². The summed E-state index contributed by atoms with van der Waals surface area (Å²) < 4.78 is 1.49. The molecule has 0 unspecified atom stereocenters. The number of H-pyrrole nitrogens is 1. The van der Waals surface area contributed by atoms with Crippen LogP contribution >= 0.6 is 28.1 Å². The first-order chi connectivity index (χ1) is 5.24. The van der Waals surface area contributed by atoms with Gasteiger partial charge in [-0.2, -0.15) is 5.10 Å². The summed E-state index contributed by atoms with van der Waals surface area (Å²) in [4.78, 5) is 0. The van der Waals surface area contributed by atoms with Crippen molar-refractivity contribution in [1.82, 2.24) is 10.2 Å². The highest BCUT2D eigenvalue weighted by atomic mass is 79.9. The predicted molar refractivity (Wildman–Crippen MR) is 51.1 cm³/mol. The van der Waals surface area contributed by atoms with Gasteiger partial charge in [0.1, 0.15) is 4.60 Å². The molecule has 4 heteroatoms. The smallest absolute Gasteiger partial charge is 0.144 e. The number of aryl methyl sites for hydroxylation is 1. The number of nitrogens with zero attached hydrogens (tertiary/aromatic N) is 1. The molecule has 0 saturated heterocycles. The summed E-state index contributed by atoms with van der Waals surface area (Å²) in [5.41, 5.74) is 1.10. The van der Waals surface area contributed by atoms with E-state index in [4.69, 9.17) is 12.2 Å². The summed E-state index contributed by atoms with van der Waals surface area (Å²) in [6.45, 7) is 2.12. The fourth-order valence-corrected chi connectivity index (χ4v) is 1.21. The van der Waals surface area contributed by atoms with Gasteiger partial charge in [0.2, 0.25) is 0 Å². The summed E-state index contributed by atoms with van der Waals surface area (Å²) in [6, 6.07) is 1.94. The predicted octanol–water partition coefficient (Wildman–Crippen LogP) is 2.85. The lowest BCUT2D eigenvalue weighted by molar-refractivity contribution is 0.830. The maximum atomic E-state index is 5.03. The molecule has 0 aliphatic rings. The van der Waals surface area contributed by atoms with Crippen LogP contribution < -0.4 is 0 Å². The Balaban J connectivity index is 2.96. The minimum Gasteiger partial charge on any atom is -0.281 e. The molecule has 0 aliphatic carbocycles. The van der Waals surface area contributed by atoms with Gasteiger partial charge in [-0.15, -0.1) is 0 Å². The van der Waals surface area contributed by atoms with Gasteiger partial charge < -0.3 is 0 Å². The highest BCUT2D eigenvalue weighted by Crippen LogP contribution is 2.08. The Morgan fingerprint density at radius 1 is 1.73 bits per heavy atom. The first-order valence-electron chi connectivity index (χ1n) is 3.48. The lowest BCUT2D eigenvalue weighted by Gasteiger charge is -1.97. The molecule has 0 atom stereocenters. The van der Waals surface area contributed by atoms with Crippen LogP contribution in [0.5, 0.6) is 0 Å². The molecule has 0 saturated carbocycles. The van der Waals surface area contributed by atoms with Crippen LogP contribution in [0.25, 0.3) is 0 Å². The van der Waals surface area contributed by atoms with E-state index in [0.717, 1.165) is 23.0 Å². The van der Waals surface area contributed by atoms with Gasteiger partial charge in [0, 0.05) is 5.69 Å². The minimum atomic E-state index is 0.715. The molecular weight excluding hydrogens is 224 g/mol. The van der Waals surface area contributed by atoms with Crippen molar-refractivity contribution in [2.45, 2.75) is 19.8 Å². The number of aromatic nitrogens is 2. The van der Waals surface area contributed by atoms with Crippen molar-refractivity contribution in [3.63, 3.8) is 0 Å². The van der Waals surface area contributed by atoms with E-state index < -0.39 is 0 Å². The molecule has 11 heavy (non-hydrogen) atoms. The van der Waals surface area contributed by atoms with Gasteiger partial charge in [-0.25, -0.2) is 0 Å². The number of halogens is 1. The number of aromatic amines is 1. The monoisotopic (exact) mass is 232 g/mol. The van der Waals surface area contributed by atoms with Crippen LogP contribution in [0.3, 0.4) is 0 Å². The largest absolute Gasteiger partial charge is 0.281 e. The highest BCUT2D eigenvalue weighted by Gasteiger charge is 1.94. The first kappa shape index (κ1) is 8.87. The van der Waals surface area contributed by atoms with E-state index in [1.54, 1.807) is 0 Å². The van der Waals surface area contributed by atoms with Crippen LogP contribution in [-0.4, -0.2) is 10.2 Å². The third kappa shape index (κ3) is 2.38. The van der Waals surface area contributed by atoms with E-state index in [1.165, 1.54) is 0 Å². The lowest BCUT2D eigenvalue weighted by atomic mass is 10.2. The minimum absolute atomic E-state index is 0.715. The quantitative estimate of drug-likeness (QED) is 0.795. The topological polar surface area (TPSA) is 28.7 Å². The van der Waals surface area contributed by atoms with Crippen molar-refractivity contribution < 1.29 is 0 Å². The van der Waals surface area contributed by atoms with Crippen LogP contribution in [0.15, 0.2) is 10.7 Å². The zero-order chi connectivity index (χ0) is 8.27. The average molecular weight is 233 g/mol. The van der Waals surface area contributed by atoms with Gasteiger partial charge in [0.25, 0.3) is 0 Å². The van der Waals surface area contributed by atoms with Crippen molar-refractivity contribution in [3.05, 3.63) is 20.9 Å². The van der Waals surface area contributed by atoms with Crippen LogP contribution in [0.1, 0.15) is 19.0 Å². The summed E-state index contributed by atoms with van der Waals surface area (Å²) in [5.74, 6) is 0. The number of hydrogen-bond acceptors (Lipinski definition) is 2. The normalized spacial score (nSPS) is 10.0. The molecule has 1 rings (SSSR count). The molecule has 60 valence electrons. The maximum absolute atomic E-state index is 5.03. The Hall–Kier alpha value is -0.220. The average Bonchev–Trinajstić information content (AvgIpc) is 1.98. The third-order valence-corrected chi connectivity index (χ3v) is 2.50. The van der Waals surface area contributed by atoms with Crippen LogP contribution in [-0.2, 0) is 6.42 Å². The van der Waals surface area contributed by atoms with E-state index in [9.17, 15) is 0 Å². The Morgan fingerprint density at radius 3 is 3.00 bits per heavy atom. The fraction of sp³-hybridized carbons (Fsp3) is 0.429. The molecule has 1 N–H and O–H groups in total. The fourth-order valence-electron chi connectivity index (χ4n) is 0.823. The van der Waals surface area contributed by atoms with Crippen LogP contribution in [0, 0.1) is 4.51 Å². The van der Waals surface area contributed by atoms with Gasteiger partial charge in [-0.1, -0.05) is 25.6 Å². The van der Waals surface area contributed by atoms with Crippen molar-refractivity contribution in [2.75, 3.05) is 0 Å². The van der Waals surface area contributed by atoms with Gasteiger partial charge in [-0.05, 0) is 28.4 Å². The van der Waals surface area contributed by atoms with Crippen molar-refractivity contribution >= 4 is 28.1 Å². The van der Waals surface area contributed by atoms with Crippen LogP contribution in [0.4, 0.5) is 0 Å². The Kier molecular flexibility index (Phi) is 3.20. The maximum Gasteiger partial charge on any atom is 0.144 e. The number of hydrogen-bond donors (Lipinski definition) is 1. The number of nitrogens with one attached hydrogen (secondary N) is 1. The lowest BCUT2D eigenvalue weighted by Crippen LogP contribution is -1.92. The van der Waals surface area contributed by atoms with Crippen molar-refractivity contribution in [1.29, 1.82) is 0 Å². The zero-order valence-corrected chi connectivity index (χ0v) is 8.63. The van der Waals surface area contributed by atoms with E-state index in [2.05, 4.69) is 33.1 Å². The second-order valence-electron chi connectivity index (χ2n) is 2.30. The molecule has 0 aromatic carbocycles. The second-order valence-corrected chi connectivity index (χ2v) is 3.49. The highest BCUT2D eigenvalue weighted by molar-refractivity contribution is 9.10. The molecule has 0 bridgehead atoms. The SMILES string of the molecule is CCCc1cc(=S)c(Br)n[nH]1. The van der Waals surface area contributed by atoms with Gasteiger partial charge >= 0.3 is 0 Å². The molecular formula is C7H9BrN2S. The molecule has 1 aromatic heterocycles. The van der Waals surface area contributed by atoms with Gasteiger partial charge in [-0.3, -0.25) is 5.10 Å². The Bertz CT molecular complexity index is 295. The van der Waals surface area contributed by atoms with Crippen molar-refractivity contribution in [3.8, 4) is 0 Å². The molecule has 0 radical (unpaired) electrons. The molecule has 1 heterocycles. The summed E-state index contributed by atoms with van der Waals surface area (Å²) in [7, 11) is 0. The summed E-state index contributed by atoms with van der Waals surface area (Å²) >= 11 is 8.26. The summed E-state index contributed by atoms with van der Waals surface area (Å²) in [5, 5.41) is 6.90. The van der Waals surface area contributed by atoms with E-state index >= 15 is 0 Å². The first-order valence-corrected chi connectivity index (χ1v) is 4.68. The Labute approximate surface area is 79.2 Å². The van der Waals surface area contributed by atoms with E-state index in [-0.39, 0.29) is 0 Å². The molecule has 0 spiro atoms. The van der Waals surface area contributed by atoms with E-state index in [1.807, 2.05) is 6.07 Å². The second kappa shape index (κ2) is 3.97. The molecule has 1 aromatic rings. The van der Waals surface area contributed by atoms with Gasteiger partial charge in [0.15, 0.2) is 0 Å². The Morgan fingerprint density at radius 2 is 2.45 bits per heavy atom. The molecule has 0 amide bonds. The van der Waals surface area contributed by atoms with Crippen molar-refractivity contribution in [2.24, 2.45) is 0 Å². The van der Waals surface area contributed by atoms with E-state index in [0.29, 0.717) is 4.60 Å². The number of rotatable bonds is 2. The standard InChI is InChI=1S/C7H9BrN2S/c1-2-3-5-4-6(11)7(8)10-9-5/h4H,2-3H2,1H3,(H,9,11). The third-order valence-electron chi connectivity index (χ3n) is 1.33. The van der Waals surface area contributed by atoms with Crippen LogP contribution in [0.2, 0.25) is 0 Å². The zero-order valence-electron chi connectivity index (χ0n) is 6.22. The molecule has 0 aliphatic heterocycles. The summed E-state index contributed by atoms with van der Waals surface area (Å²) in [6.07, 6.45) is 2.11. The molecule has 0 fully saturated rings.